The van der Waals surface area contributed by atoms with Gasteiger partial charge in [0.1, 0.15) is 6.07 Å². The van der Waals surface area contributed by atoms with Gasteiger partial charge in [0.2, 0.25) is 0 Å². The number of hydrogen-bond donors (Lipinski definition) is 0. The molecular weight excluding hydrogens is 216 g/mol. The molecule has 84 valence electrons. The van der Waals surface area contributed by atoms with Gasteiger partial charge >= 0.3 is 0 Å². The van der Waals surface area contributed by atoms with Crippen LogP contribution in [0.4, 0.5) is 5.69 Å². The summed E-state index contributed by atoms with van der Waals surface area (Å²) >= 11 is 2.01. The maximum absolute atomic E-state index is 9.16. The first kappa shape index (κ1) is 11.3. The van der Waals surface area contributed by atoms with Crippen molar-refractivity contribution >= 4 is 17.4 Å². The molecule has 3 heteroatoms. The van der Waals surface area contributed by atoms with Crippen molar-refractivity contribution in [2.24, 2.45) is 0 Å². The van der Waals surface area contributed by atoms with E-state index in [-0.39, 0.29) is 0 Å². The lowest BCUT2D eigenvalue weighted by molar-refractivity contribution is 0.779. The minimum atomic E-state index is 0.653. The van der Waals surface area contributed by atoms with Gasteiger partial charge in [-0.2, -0.15) is 17.0 Å². The Bertz CT molecular complexity index is 422. The van der Waals surface area contributed by atoms with E-state index in [2.05, 4.69) is 30.9 Å². The molecule has 1 unspecified atom stereocenters. The summed E-state index contributed by atoms with van der Waals surface area (Å²) in [5.74, 6) is 1.15. The molecule has 1 aliphatic rings. The van der Waals surface area contributed by atoms with E-state index in [0.717, 1.165) is 30.1 Å². The van der Waals surface area contributed by atoms with Crippen molar-refractivity contribution in [1.82, 2.24) is 0 Å². The number of rotatable bonds is 1. The molecule has 0 amide bonds. The molecule has 2 rings (SSSR count). The quantitative estimate of drug-likeness (QED) is 0.745. The number of nitriles is 1. The van der Waals surface area contributed by atoms with Gasteiger partial charge in [-0.25, -0.2) is 0 Å². The molecule has 0 radical (unpaired) electrons. The average molecular weight is 232 g/mol. The third-order valence-corrected chi connectivity index (χ3v) is 4.05. The summed E-state index contributed by atoms with van der Waals surface area (Å²) in [5, 5.41) is 9.81. The zero-order valence-electron chi connectivity index (χ0n) is 9.73. The van der Waals surface area contributed by atoms with Gasteiger partial charge in [-0.3, -0.25) is 0 Å². The molecule has 1 fully saturated rings. The number of nitrogens with zero attached hydrogens (tertiary/aromatic N) is 2. The van der Waals surface area contributed by atoms with Crippen LogP contribution >= 0.6 is 11.8 Å². The predicted molar refractivity (Wildman–Crippen MR) is 70.0 cm³/mol. The maximum atomic E-state index is 9.16. The summed E-state index contributed by atoms with van der Waals surface area (Å²) in [6, 6.07) is 8.26. The Morgan fingerprint density at radius 2 is 2.31 bits per heavy atom. The van der Waals surface area contributed by atoms with Gasteiger partial charge in [0.25, 0.3) is 0 Å². The van der Waals surface area contributed by atoms with E-state index in [1.807, 2.05) is 23.9 Å². The largest absolute Gasteiger partial charge is 0.368 e. The molecule has 0 aromatic heterocycles. The highest BCUT2D eigenvalue weighted by molar-refractivity contribution is 8.00. The standard InChI is InChI=1S/C13H16N2S/c1-10-4-3-5-12(8-14)13(10)15-6-7-16-11(2)9-15/h3-5,11H,6-7,9H2,1-2H3. The Balaban J connectivity index is 2.35. The lowest BCUT2D eigenvalue weighted by Crippen LogP contribution is -2.37. The van der Waals surface area contributed by atoms with Crippen LogP contribution in [0.3, 0.4) is 0 Å². The summed E-state index contributed by atoms with van der Waals surface area (Å²) in [6.45, 7) is 6.43. The SMILES string of the molecule is Cc1cccc(C#N)c1N1CCSC(C)C1. The zero-order chi connectivity index (χ0) is 11.5. The molecule has 0 bridgehead atoms. The van der Waals surface area contributed by atoms with Crippen LogP contribution in [0.15, 0.2) is 18.2 Å². The topological polar surface area (TPSA) is 27.0 Å². The van der Waals surface area contributed by atoms with Gasteiger partial charge in [0, 0.05) is 24.1 Å². The summed E-state index contributed by atoms with van der Waals surface area (Å²) in [4.78, 5) is 2.36. The molecule has 0 saturated carbocycles. The van der Waals surface area contributed by atoms with Crippen molar-refractivity contribution in [3.05, 3.63) is 29.3 Å². The Labute approximate surface area is 101 Å². The summed E-state index contributed by atoms with van der Waals surface area (Å²) in [5.41, 5.74) is 3.15. The lowest BCUT2D eigenvalue weighted by Gasteiger charge is -2.34. The fourth-order valence-electron chi connectivity index (χ4n) is 2.19. The van der Waals surface area contributed by atoms with Gasteiger partial charge in [-0.1, -0.05) is 19.1 Å². The zero-order valence-corrected chi connectivity index (χ0v) is 10.5. The number of aryl methyl sites for hydroxylation is 1. The second kappa shape index (κ2) is 4.80. The first-order valence-corrected chi connectivity index (χ1v) is 6.63. The highest BCUT2D eigenvalue weighted by atomic mass is 32.2. The molecule has 1 heterocycles. The first-order chi connectivity index (χ1) is 7.72. The Morgan fingerprint density at radius 3 is 3.00 bits per heavy atom. The van der Waals surface area contributed by atoms with Crippen molar-refractivity contribution in [3.63, 3.8) is 0 Å². The number of para-hydroxylation sites is 1. The van der Waals surface area contributed by atoms with Crippen molar-refractivity contribution in [3.8, 4) is 6.07 Å². The molecule has 0 aliphatic carbocycles. The van der Waals surface area contributed by atoms with Crippen molar-refractivity contribution in [2.45, 2.75) is 19.1 Å². The van der Waals surface area contributed by atoms with E-state index in [9.17, 15) is 0 Å². The smallest absolute Gasteiger partial charge is 0.101 e. The van der Waals surface area contributed by atoms with E-state index in [0.29, 0.717) is 5.25 Å². The fraction of sp³-hybridized carbons (Fsp3) is 0.462. The van der Waals surface area contributed by atoms with E-state index in [1.54, 1.807) is 0 Å². The van der Waals surface area contributed by atoms with Crippen LogP contribution in [0, 0.1) is 18.3 Å². The van der Waals surface area contributed by atoms with Gasteiger partial charge < -0.3 is 4.90 Å². The second-order valence-electron chi connectivity index (χ2n) is 4.21. The monoisotopic (exact) mass is 232 g/mol. The molecule has 1 atom stereocenters. The van der Waals surface area contributed by atoms with Gasteiger partial charge in [-0.05, 0) is 18.6 Å². The predicted octanol–water partition coefficient (Wildman–Crippen LogP) is 2.81. The molecule has 1 aliphatic heterocycles. The average Bonchev–Trinajstić information content (AvgIpc) is 2.28. The maximum Gasteiger partial charge on any atom is 0.101 e. The van der Waals surface area contributed by atoms with Gasteiger partial charge in [0.05, 0.1) is 11.3 Å². The number of thioether (sulfide) groups is 1. The molecule has 1 saturated heterocycles. The molecule has 0 spiro atoms. The Morgan fingerprint density at radius 1 is 1.50 bits per heavy atom. The number of benzene rings is 1. The summed E-state index contributed by atoms with van der Waals surface area (Å²) in [6.07, 6.45) is 0. The highest BCUT2D eigenvalue weighted by Crippen LogP contribution is 2.29. The Hall–Kier alpha value is -1.14. The normalized spacial score (nSPS) is 20.6. The lowest BCUT2D eigenvalue weighted by atomic mass is 10.1. The third kappa shape index (κ3) is 2.17. The second-order valence-corrected chi connectivity index (χ2v) is 5.76. The molecule has 1 aromatic carbocycles. The van der Waals surface area contributed by atoms with Crippen molar-refractivity contribution in [1.29, 1.82) is 5.26 Å². The third-order valence-electron chi connectivity index (χ3n) is 2.92. The van der Waals surface area contributed by atoms with Gasteiger partial charge in [-0.15, -0.1) is 0 Å². The van der Waals surface area contributed by atoms with E-state index >= 15 is 0 Å². The Kier molecular flexibility index (Phi) is 3.40. The van der Waals surface area contributed by atoms with Crippen LogP contribution in [0.1, 0.15) is 18.1 Å². The summed E-state index contributed by atoms with van der Waals surface area (Å²) in [7, 11) is 0. The van der Waals surface area contributed by atoms with E-state index < -0.39 is 0 Å². The molecular formula is C13H16N2S. The molecule has 1 aromatic rings. The van der Waals surface area contributed by atoms with Crippen LogP contribution in [-0.4, -0.2) is 24.1 Å². The van der Waals surface area contributed by atoms with Gasteiger partial charge in [0.15, 0.2) is 0 Å². The van der Waals surface area contributed by atoms with Crippen LogP contribution in [-0.2, 0) is 0 Å². The minimum absolute atomic E-state index is 0.653. The van der Waals surface area contributed by atoms with Crippen molar-refractivity contribution in [2.75, 3.05) is 23.7 Å². The van der Waals surface area contributed by atoms with Crippen LogP contribution in [0.2, 0.25) is 0 Å². The highest BCUT2D eigenvalue weighted by Gasteiger charge is 2.20. The minimum Gasteiger partial charge on any atom is -0.368 e. The molecule has 16 heavy (non-hydrogen) atoms. The van der Waals surface area contributed by atoms with Crippen LogP contribution in [0.25, 0.3) is 0 Å². The van der Waals surface area contributed by atoms with E-state index in [1.165, 1.54) is 5.56 Å². The van der Waals surface area contributed by atoms with Crippen LogP contribution in [0.5, 0.6) is 0 Å². The number of hydrogen-bond acceptors (Lipinski definition) is 3. The fourth-order valence-corrected chi connectivity index (χ4v) is 3.20. The first-order valence-electron chi connectivity index (χ1n) is 5.58. The van der Waals surface area contributed by atoms with Crippen LogP contribution < -0.4 is 4.90 Å². The van der Waals surface area contributed by atoms with Crippen molar-refractivity contribution < 1.29 is 0 Å². The molecule has 2 nitrogen and oxygen atoms in total. The number of anilines is 1. The van der Waals surface area contributed by atoms with E-state index in [4.69, 9.17) is 5.26 Å². The molecule has 0 N–H and O–H groups in total. The summed E-state index contributed by atoms with van der Waals surface area (Å²) < 4.78 is 0.